The Labute approximate surface area is 88.0 Å². The first-order chi connectivity index (χ1) is 7.18. The van der Waals surface area contributed by atoms with Crippen LogP contribution in [0.15, 0.2) is 36.4 Å². The van der Waals surface area contributed by atoms with Crippen molar-refractivity contribution in [2.24, 2.45) is 0 Å². The Morgan fingerprint density at radius 3 is 2.80 bits per heavy atom. The number of carbonyl (C=O) groups excluding carboxylic acids is 1. The lowest BCUT2D eigenvalue weighted by molar-refractivity contribution is -0.150. The van der Waals surface area contributed by atoms with Crippen LogP contribution < -0.4 is 0 Å². The van der Waals surface area contributed by atoms with Crippen LogP contribution in [0, 0.1) is 6.92 Å². The number of ether oxygens (including phenoxy) is 1. The number of carbonyl (C=O) groups is 1. The van der Waals surface area contributed by atoms with Gasteiger partial charge in [-0.2, -0.15) is 0 Å². The molecule has 1 aromatic carbocycles. The average Bonchev–Trinajstić information content (AvgIpc) is 2.23. The summed E-state index contributed by atoms with van der Waals surface area (Å²) in [6, 6.07) is 7.55. The van der Waals surface area contributed by atoms with Gasteiger partial charge in [-0.05, 0) is 24.1 Å². The number of aliphatic hydroxyl groups excluding tert-OH is 1. The minimum atomic E-state index is -0.760. The number of hydrogen-bond acceptors (Lipinski definition) is 3. The third-order valence-electron chi connectivity index (χ3n) is 2.48. The van der Waals surface area contributed by atoms with Crippen LogP contribution >= 0.6 is 0 Å². The van der Waals surface area contributed by atoms with E-state index < -0.39 is 18.2 Å². The van der Waals surface area contributed by atoms with E-state index in [-0.39, 0.29) is 0 Å². The van der Waals surface area contributed by atoms with Crippen LogP contribution in [0.25, 0.3) is 0 Å². The highest BCUT2D eigenvalue weighted by molar-refractivity contribution is 5.83. The van der Waals surface area contributed by atoms with Crippen LogP contribution in [0.3, 0.4) is 0 Å². The van der Waals surface area contributed by atoms with E-state index in [9.17, 15) is 9.90 Å². The lowest BCUT2D eigenvalue weighted by atomic mass is 9.98. The molecule has 0 saturated heterocycles. The van der Waals surface area contributed by atoms with Gasteiger partial charge >= 0.3 is 5.97 Å². The molecule has 0 amide bonds. The van der Waals surface area contributed by atoms with Gasteiger partial charge in [0.2, 0.25) is 0 Å². The van der Waals surface area contributed by atoms with Crippen LogP contribution in [-0.2, 0) is 9.53 Å². The van der Waals surface area contributed by atoms with Crippen molar-refractivity contribution < 1.29 is 14.6 Å². The van der Waals surface area contributed by atoms with Crippen molar-refractivity contribution in [2.75, 3.05) is 0 Å². The third-order valence-corrected chi connectivity index (χ3v) is 2.48. The van der Waals surface area contributed by atoms with Crippen molar-refractivity contribution in [3.63, 3.8) is 0 Å². The van der Waals surface area contributed by atoms with Gasteiger partial charge in [0.1, 0.15) is 6.10 Å². The molecular weight excluding hydrogens is 192 g/mol. The topological polar surface area (TPSA) is 46.5 Å². The molecule has 0 fully saturated rings. The van der Waals surface area contributed by atoms with Gasteiger partial charge < -0.3 is 9.84 Å². The quantitative estimate of drug-likeness (QED) is 0.705. The molecule has 78 valence electrons. The van der Waals surface area contributed by atoms with Crippen molar-refractivity contribution in [1.82, 2.24) is 0 Å². The molecular formula is C12H12O3. The van der Waals surface area contributed by atoms with Gasteiger partial charge in [0.15, 0.2) is 6.10 Å². The van der Waals surface area contributed by atoms with Gasteiger partial charge in [0, 0.05) is 6.08 Å². The summed E-state index contributed by atoms with van der Waals surface area (Å²) in [5.74, 6) is -0.409. The zero-order valence-electron chi connectivity index (χ0n) is 8.38. The molecule has 0 unspecified atom stereocenters. The summed E-state index contributed by atoms with van der Waals surface area (Å²) < 4.78 is 5.09. The standard InChI is InChI=1S/C12H12O3/c1-8-4-2-3-5-9(8)12-10(13)6-7-11(14)15-12/h2-7,10,12-13H,1H3/t10-,12-/m1/s1. The number of aliphatic hydroxyl groups is 1. The second-order valence-electron chi connectivity index (χ2n) is 3.56. The monoisotopic (exact) mass is 204 g/mol. The number of aryl methyl sites for hydroxylation is 1. The second-order valence-corrected chi connectivity index (χ2v) is 3.56. The highest BCUT2D eigenvalue weighted by Gasteiger charge is 2.27. The summed E-state index contributed by atoms with van der Waals surface area (Å²) in [5, 5.41) is 9.70. The smallest absolute Gasteiger partial charge is 0.331 e. The fraction of sp³-hybridized carbons (Fsp3) is 0.250. The van der Waals surface area contributed by atoms with Crippen molar-refractivity contribution in [3.8, 4) is 0 Å². The van der Waals surface area contributed by atoms with E-state index >= 15 is 0 Å². The molecule has 0 radical (unpaired) electrons. The molecule has 1 aliphatic heterocycles. The highest BCUT2D eigenvalue weighted by Crippen LogP contribution is 2.27. The molecule has 3 nitrogen and oxygen atoms in total. The third kappa shape index (κ3) is 1.92. The number of rotatable bonds is 1. The summed E-state index contributed by atoms with van der Waals surface area (Å²) in [5.41, 5.74) is 1.85. The molecule has 0 saturated carbocycles. The first-order valence-corrected chi connectivity index (χ1v) is 4.81. The fourth-order valence-electron chi connectivity index (χ4n) is 1.67. The van der Waals surface area contributed by atoms with E-state index in [1.807, 2.05) is 31.2 Å². The minimum Gasteiger partial charge on any atom is -0.451 e. The first kappa shape index (κ1) is 9.93. The number of cyclic esters (lactones) is 1. The van der Waals surface area contributed by atoms with Gasteiger partial charge in [-0.25, -0.2) is 4.79 Å². The molecule has 1 N–H and O–H groups in total. The van der Waals surface area contributed by atoms with Crippen molar-refractivity contribution in [3.05, 3.63) is 47.5 Å². The lowest BCUT2D eigenvalue weighted by Crippen LogP contribution is -2.26. The predicted molar refractivity (Wildman–Crippen MR) is 55.2 cm³/mol. The normalized spacial score (nSPS) is 25.1. The molecule has 15 heavy (non-hydrogen) atoms. The molecule has 0 aromatic heterocycles. The molecule has 0 spiro atoms. The Kier molecular flexibility index (Phi) is 2.56. The molecule has 2 rings (SSSR count). The molecule has 1 aliphatic rings. The number of benzene rings is 1. The van der Waals surface area contributed by atoms with Gasteiger partial charge in [0.25, 0.3) is 0 Å². The van der Waals surface area contributed by atoms with E-state index in [4.69, 9.17) is 4.74 Å². The van der Waals surface area contributed by atoms with E-state index in [1.165, 1.54) is 12.2 Å². The Morgan fingerprint density at radius 2 is 2.07 bits per heavy atom. The summed E-state index contributed by atoms with van der Waals surface area (Å²) in [7, 11) is 0. The lowest BCUT2D eigenvalue weighted by Gasteiger charge is -2.25. The predicted octanol–water partition coefficient (Wildman–Crippen LogP) is 1.51. The molecule has 0 bridgehead atoms. The Hall–Kier alpha value is -1.61. The summed E-state index contributed by atoms with van der Waals surface area (Å²) in [6.45, 7) is 1.92. The van der Waals surface area contributed by atoms with Gasteiger partial charge in [-0.1, -0.05) is 24.3 Å². The Morgan fingerprint density at radius 1 is 1.33 bits per heavy atom. The zero-order valence-corrected chi connectivity index (χ0v) is 8.38. The summed E-state index contributed by atoms with van der Waals surface area (Å²) in [6.07, 6.45) is 1.37. The van der Waals surface area contributed by atoms with Crippen LogP contribution in [0.4, 0.5) is 0 Å². The van der Waals surface area contributed by atoms with Crippen molar-refractivity contribution in [1.29, 1.82) is 0 Å². The summed E-state index contributed by atoms with van der Waals surface area (Å²) >= 11 is 0. The van der Waals surface area contributed by atoms with Gasteiger partial charge in [-0.3, -0.25) is 0 Å². The van der Waals surface area contributed by atoms with Crippen LogP contribution in [-0.4, -0.2) is 17.2 Å². The van der Waals surface area contributed by atoms with Crippen molar-refractivity contribution in [2.45, 2.75) is 19.1 Å². The average molecular weight is 204 g/mol. The maximum Gasteiger partial charge on any atom is 0.331 e. The maximum atomic E-state index is 11.1. The molecule has 2 atom stereocenters. The zero-order chi connectivity index (χ0) is 10.8. The van der Waals surface area contributed by atoms with E-state index in [0.29, 0.717) is 0 Å². The number of esters is 1. The van der Waals surface area contributed by atoms with Crippen LogP contribution in [0.5, 0.6) is 0 Å². The fourth-order valence-corrected chi connectivity index (χ4v) is 1.67. The minimum absolute atomic E-state index is 0.409. The maximum absolute atomic E-state index is 11.1. The largest absolute Gasteiger partial charge is 0.451 e. The molecule has 1 aromatic rings. The van der Waals surface area contributed by atoms with E-state index in [0.717, 1.165) is 11.1 Å². The number of hydrogen-bond donors (Lipinski definition) is 1. The first-order valence-electron chi connectivity index (χ1n) is 4.81. The SMILES string of the molecule is Cc1ccccc1[C@H]1OC(=O)C=C[C@H]1O. The molecule has 0 aliphatic carbocycles. The summed E-state index contributed by atoms with van der Waals surface area (Å²) in [4.78, 5) is 11.1. The van der Waals surface area contributed by atoms with E-state index in [1.54, 1.807) is 0 Å². The Balaban J connectivity index is 2.35. The van der Waals surface area contributed by atoms with Crippen molar-refractivity contribution >= 4 is 5.97 Å². The molecule has 1 heterocycles. The van der Waals surface area contributed by atoms with Gasteiger partial charge in [-0.15, -0.1) is 0 Å². The Bertz CT molecular complexity index is 409. The van der Waals surface area contributed by atoms with Crippen LogP contribution in [0.2, 0.25) is 0 Å². The highest BCUT2D eigenvalue weighted by atomic mass is 16.6. The van der Waals surface area contributed by atoms with Crippen LogP contribution in [0.1, 0.15) is 17.2 Å². The second kappa shape index (κ2) is 3.87. The molecule has 3 heteroatoms. The van der Waals surface area contributed by atoms with Gasteiger partial charge in [0.05, 0.1) is 0 Å². The van der Waals surface area contributed by atoms with E-state index in [2.05, 4.69) is 0 Å².